The van der Waals surface area contributed by atoms with Crippen molar-refractivity contribution >= 4 is 22.5 Å². The molecule has 0 fully saturated rings. The molecule has 3 aromatic rings. The lowest BCUT2D eigenvalue weighted by atomic mass is 10.1. The zero-order chi connectivity index (χ0) is 18.0. The molecule has 0 radical (unpaired) electrons. The molecule has 1 unspecified atom stereocenters. The van der Waals surface area contributed by atoms with Crippen LogP contribution in [0.4, 0.5) is 10.1 Å². The summed E-state index contributed by atoms with van der Waals surface area (Å²) in [6.07, 6.45) is 0.196. The Morgan fingerprint density at radius 1 is 1.16 bits per heavy atom. The molecule has 2 aromatic carbocycles. The highest BCUT2D eigenvalue weighted by Crippen LogP contribution is 2.16. The molecule has 0 saturated carbocycles. The standard InChI is InChI=1S/C18H16FN3O3/c1-2-15(16(23)20-14-10-6-4-8-12(14)19)22-17(24)11-7-3-5-9-13(11)21-18(22)25/h3-10,15H,2H2,1H3,(H,20,23)(H,21,25). The summed E-state index contributed by atoms with van der Waals surface area (Å²) >= 11 is 0. The quantitative estimate of drug-likeness (QED) is 0.764. The molecule has 1 atom stereocenters. The van der Waals surface area contributed by atoms with Crippen LogP contribution < -0.4 is 16.6 Å². The molecule has 7 heteroatoms. The predicted molar refractivity (Wildman–Crippen MR) is 93.2 cm³/mol. The molecule has 2 N–H and O–H groups in total. The number of fused-ring (bicyclic) bond motifs is 1. The fraction of sp³-hybridized carbons (Fsp3) is 0.167. The Kier molecular flexibility index (Phi) is 4.47. The first-order valence-corrected chi connectivity index (χ1v) is 7.82. The van der Waals surface area contributed by atoms with Gasteiger partial charge in [-0.2, -0.15) is 0 Å². The smallest absolute Gasteiger partial charge is 0.322 e. The number of halogens is 1. The second-order valence-electron chi connectivity index (χ2n) is 5.54. The molecule has 1 aromatic heterocycles. The second-order valence-corrected chi connectivity index (χ2v) is 5.54. The number of benzene rings is 2. The third kappa shape index (κ3) is 3.08. The first-order chi connectivity index (χ1) is 12.0. The lowest BCUT2D eigenvalue weighted by Crippen LogP contribution is -2.42. The summed E-state index contributed by atoms with van der Waals surface area (Å²) in [5.41, 5.74) is -0.844. The van der Waals surface area contributed by atoms with E-state index in [0.717, 1.165) is 4.57 Å². The summed E-state index contributed by atoms with van der Waals surface area (Å²) < 4.78 is 14.6. The molecule has 1 heterocycles. The van der Waals surface area contributed by atoms with E-state index in [4.69, 9.17) is 0 Å². The number of carbonyl (C=O) groups excluding carboxylic acids is 1. The Balaban J connectivity index is 2.05. The molecule has 0 bridgehead atoms. The van der Waals surface area contributed by atoms with E-state index in [9.17, 15) is 18.8 Å². The largest absolute Gasteiger partial charge is 0.329 e. The molecule has 25 heavy (non-hydrogen) atoms. The number of rotatable bonds is 4. The Morgan fingerprint density at radius 2 is 1.84 bits per heavy atom. The Morgan fingerprint density at radius 3 is 2.56 bits per heavy atom. The van der Waals surface area contributed by atoms with Crippen molar-refractivity contribution in [3.05, 3.63) is 75.2 Å². The Hall–Kier alpha value is -3.22. The van der Waals surface area contributed by atoms with Crippen LogP contribution in [-0.4, -0.2) is 15.5 Å². The number of H-pyrrole nitrogens is 1. The predicted octanol–water partition coefficient (Wildman–Crippen LogP) is 2.42. The van der Waals surface area contributed by atoms with Gasteiger partial charge in [-0.15, -0.1) is 0 Å². The van der Waals surface area contributed by atoms with Crippen molar-refractivity contribution in [1.82, 2.24) is 9.55 Å². The maximum Gasteiger partial charge on any atom is 0.329 e. The number of hydrogen-bond donors (Lipinski definition) is 2. The number of amides is 1. The van der Waals surface area contributed by atoms with Gasteiger partial charge in [-0.05, 0) is 30.7 Å². The summed E-state index contributed by atoms with van der Waals surface area (Å²) in [6, 6.07) is 11.2. The summed E-state index contributed by atoms with van der Waals surface area (Å²) in [5.74, 6) is -1.22. The van der Waals surface area contributed by atoms with Crippen LogP contribution in [0.25, 0.3) is 10.9 Å². The minimum Gasteiger partial charge on any atom is -0.322 e. The van der Waals surface area contributed by atoms with Crippen molar-refractivity contribution in [1.29, 1.82) is 0 Å². The van der Waals surface area contributed by atoms with Crippen LogP contribution in [0, 0.1) is 5.82 Å². The molecule has 0 aliphatic rings. The van der Waals surface area contributed by atoms with Gasteiger partial charge in [0.1, 0.15) is 11.9 Å². The zero-order valence-corrected chi connectivity index (χ0v) is 13.5. The normalized spacial score (nSPS) is 12.1. The second kappa shape index (κ2) is 6.72. The lowest BCUT2D eigenvalue weighted by molar-refractivity contribution is -0.119. The zero-order valence-electron chi connectivity index (χ0n) is 13.5. The monoisotopic (exact) mass is 341 g/mol. The average molecular weight is 341 g/mol. The molecule has 128 valence electrons. The number of aromatic nitrogens is 2. The van der Waals surface area contributed by atoms with Crippen molar-refractivity contribution in [2.24, 2.45) is 0 Å². The van der Waals surface area contributed by atoms with Crippen LogP contribution in [0.2, 0.25) is 0 Å². The highest BCUT2D eigenvalue weighted by atomic mass is 19.1. The number of nitrogens with zero attached hydrogens (tertiary/aromatic N) is 1. The van der Waals surface area contributed by atoms with Crippen LogP contribution >= 0.6 is 0 Å². The van der Waals surface area contributed by atoms with Gasteiger partial charge in [-0.3, -0.25) is 9.59 Å². The average Bonchev–Trinajstić information content (AvgIpc) is 2.60. The van der Waals surface area contributed by atoms with E-state index in [2.05, 4.69) is 10.3 Å². The molecule has 1 amide bonds. The van der Waals surface area contributed by atoms with Crippen LogP contribution in [0.5, 0.6) is 0 Å². The van der Waals surface area contributed by atoms with Crippen LogP contribution in [0.3, 0.4) is 0 Å². The third-order valence-electron chi connectivity index (χ3n) is 3.97. The van der Waals surface area contributed by atoms with Gasteiger partial charge in [0.2, 0.25) is 5.91 Å². The summed E-state index contributed by atoms with van der Waals surface area (Å²) in [5, 5.41) is 2.74. The fourth-order valence-electron chi connectivity index (χ4n) is 2.72. The van der Waals surface area contributed by atoms with E-state index in [1.165, 1.54) is 18.2 Å². The first-order valence-electron chi connectivity index (χ1n) is 7.82. The van der Waals surface area contributed by atoms with Gasteiger partial charge >= 0.3 is 5.69 Å². The van der Waals surface area contributed by atoms with Gasteiger partial charge in [0.05, 0.1) is 16.6 Å². The number of aromatic amines is 1. The van der Waals surface area contributed by atoms with E-state index in [0.29, 0.717) is 10.9 Å². The molecular formula is C18H16FN3O3. The van der Waals surface area contributed by atoms with Gasteiger partial charge in [0, 0.05) is 0 Å². The van der Waals surface area contributed by atoms with E-state index >= 15 is 0 Å². The van der Waals surface area contributed by atoms with Gasteiger partial charge < -0.3 is 10.3 Å². The number of carbonyl (C=O) groups is 1. The van der Waals surface area contributed by atoms with Gasteiger partial charge in [0.25, 0.3) is 5.56 Å². The minimum atomic E-state index is -1.06. The minimum absolute atomic E-state index is 0.00350. The fourth-order valence-corrected chi connectivity index (χ4v) is 2.72. The van der Waals surface area contributed by atoms with Crippen molar-refractivity contribution in [3.63, 3.8) is 0 Å². The number of anilines is 1. The molecule has 6 nitrogen and oxygen atoms in total. The number of para-hydroxylation sites is 2. The van der Waals surface area contributed by atoms with Gasteiger partial charge in [0.15, 0.2) is 0 Å². The van der Waals surface area contributed by atoms with Gasteiger partial charge in [-0.1, -0.05) is 31.2 Å². The van der Waals surface area contributed by atoms with E-state index in [1.807, 2.05) is 0 Å². The van der Waals surface area contributed by atoms with Crippen molar-refractivity contribution < 1.29 is 9.18 Å². The maximum absolute atomic E-state index is 13.7. The maximum atomic E-state index is 13.7. The summed E-state index contributed by atoms with van der Waals surface area (Å²) in [6.45, 7) is 1.67. The van der Waals surface area contributed by atoms with E-state index in [-0.39, 0.29) is 12.1 Å². The molecule has 0 spiro atoms. The third-order valence-corrected chi connectivity index (χ3v) is 3.97. The molecule has 0 saturated heterocycles. The van der Waals surface area contributed by atoms with Gasteiger partial charge in [-0.25, -0.2) is 13.8 Å². The van der Waals surface area contributed by atoms with Crippen LogP contribution in [0.15, 0.2) is 58.1 Å². The lowest BCUT2D eigenvalue weighted by Gasteiger charge is -2.17. The molecule has 3 rings (SSSR count). The number of hydrogen-bond acceptors (Lipinski definition) is 3. The van der Waals surface area contributed by atoms with E-state index in [1.54, 1.807) is 37.3 Å². The Bertz CT molecular complexity index is 1060. The van der Waals surface area contributed by atoms with Crippen molar-refractivity contribution in [2.45, 2.75) is 19.4 Å². The van der Waals surface area contributed by atoms with E-state index < -0.39 is 29.0 Å². The van der Waals surface area contributed by atoms with Crippen LogP contribution in [0.1, 0.15) is 19.4 Å². The highest BCUT2D eigenvalue weighted by Gasteiger charge is 2.24. The SMILES string of the molecule is CCC(C(=O)Nc1ccccc1F)n1c(=O)[nH]c2ccccc2c1=O. The number of nitrogens with one attached hydrogen (secondary N) is 2. The molecule has 0 aliphatic carbocycles. The molecule has 0 aliphatic heterocycles. The first kappa shape index (κ1) is 16.6. The Labute approximate surface area is 141 Å². The van der Waals surface area contributed by atoms with Crippen molar-refractivity contribution in [2.75, 3.05) is 5.32 Å². The van der Waals surface area contributed by atoms with Crippen molar-refractivity contribution in [3.8, 4) is 0 Å². The molecular weight excluding hydrogens is 325 g/mol. The highest BCUT2D eigenvalue weighted by molar-refractivity contribution is 5.94. The summed E-state index contributed by atoms with van der Waals surface area (Å²) in [7, 11) is 0. The van der Waals surface area contributed by atoms with Crippen LogP contribution in [-0.2, 0) is 4.79 Å². The summed E-state index contributed by atoms with van der Waals surface area (Å²) in [4.78, 5) is 40.1. The topological polar surface area (TPSA) is 84.0 Å².